The minimum absolute atomic E-state index is 0.386. The van der Waals surface area contributed by atoms with Crippen LogP contribution in [0.5, 0.6) is 0 Å². The van der Waals surface area contributed by atoms with Gasteiger partial charge in [-0.15, -0.1) is 0 Å². The van der Waals surface area contributed by atoms with Gasteiger partial charge >= 0.3 is 0 Å². The molecule has 1 aliphatic heterocycles. The number of nitrogens with one attached hydrogen (secondary N) is 1. The molecule has 124 valence electrons. The van der Waals surface area contributed by atoms with E-state index in [4.69, 9.17) is 23.8 Å². The summed E-state index contributed by atoms with van der Waals surface area (Å²) in [5.41, 5.74) is 3.28. The number of hydrogen-bond donors (Lipinski definition) is 1. The number of nitriles is 1. The lowest BCUT2D eigenvalue weighted by Gasteiger charge is -2.23. The highest BCUT2D eigenvalue weighted by Crippen LogP contribution is 2.40. The summed E-state index contributed by atoms with van der Waals surface area (Å²) in [6.45, 7) is 2.01. The molecule has 0 aliphatic carbocycles. The fourth-order valence-corrected chi connectivity index (χ4v) is 3.86. The van der Waals surface area contributed by atoms with Gasteiger partial charge in [0.2, 0.25) is 0 Å². The second-order valence-electron chi connectivity index (χ2n) is 5.30. The molecule has 0 atom stereocenters. The molecule has 1 N–H and O–H groups in total. The van der Waals surface area contributed by atoms with Crippen molar-refractivity contribution in [1.29, 1.82) is 5.26 Å². The van der Waals surface area contributed by atoms with E-state index in [2.05, 4.69) is 11.4 Å². The topological polar surface area (TPSA) is 39.1 Å². The third-order valence-electron chi connectivity index (χ3n) is 3.57. The van der Waals surface area contributed by atoms with Gasteiger partial charge in [-0.3, -0.25) is 0 Å². The smallest absolute Gasteiger partial charge is 0.124 e. The Morgan fingerprint density at radius 3 is 2.48 bits per heavy atom. The Morgan fingerprint density at radius 2 is 1.84 bits per heavy atom. The normalized spacial score (nSPS) is 15.4. The van der Waals surface area contributed by atoms with E-state index >= 15 is 0 Å². The molecule has 2 aromatic carbocycles. The predicted molar refractivity (Wildman–Crippen MR) is 111 cm³/mol. The van der Waals surface area contributed by atoms with Crippen LogP contribution in [-0.2, 0) is 0 Å². The van der Waals surface area contributed by atoms with E-state index in [1.165, 1.54) is 11.8 Å². The lowest BCUT2D eigenvalue weighted by atomic mass is 10.2. The zero-order valence-electron chi connectivity index (χ0n) is 13.4. The van der Waals surface area contributed by atoms with E-state index in [-0.39, 0.29) is 0 Å². The first-order valence-corrected chi connectivity index (χ1v) is 9.16. The zero-order chi connectivity index (χ0) is 17.8. The number of anilines is 2. The molecule has 0 bridgehead atoms. The standard InChI is InChI=1S/C19H14ClN3S2/c1-13-12-25-19(23(13)16-5-3-2-4-6-16)17(11-21)18(24)22-15-9-7-14(20)8-10-15/h2-10,12H,1H3,(H,22,24)/b19-17+. The van der Waals surface area contributed by atoms with Crippen LogP contribution in [0.4, 0.5) is 11.4 Å². The van der Waals surface area contributed by atoms with Crippen molar-refractivity contribution >= 4 is 51.9 Å². The number of thioether (sulfide) groups is 1. The summed E-state index contributed by atoms with van der Waals surface area (Å²) in [7, 11) is 0. The summed E-state index contributed by atoms with van der Waals surface area (Å²) in [6, 6.07) is 19.4. The summed E-state index contributed by atoms with van der Waals surface area (Å²) in [6.07, 6.45) is 0. The number of para-hydroxylation sites is 1. The van der Waals surface area contributed by atoms with E-state index in [1.54, 1.807) is 12.1 Å². The summed E-state index contributed by atoms with van der Waals surface area (Å²) >= 11 is 12.9. The fourth-order valence-electron chi connectivity index (χ4n) is 2.40. The second kappa shape index (κ2) is 7.75. The molecule has 3 rings (SSSR count). The van der Waals surface area contributed by atoms with Gasteiger partial charge in [-0.2, -0.15) is 5.26 Å². The largest absolute Gasteiger partial charge is 0.345 e. The van der Waals surface area contributed by atoms with Gasteiger partial charge in [-0.25, -0.2) is 0 Å². The van der Waals surface area contributed by atoms with Crippen LogP contribution in [0.3, 0.4) is 0 Å². The maximum absolute atomic E-state index is 9.71. The van der Waals surface area contributed by atoms with Crippen LogP contribution in [-0.4, -0.2) is 4.99 Å². The summed E-state index contributed by atoms with van der Waals surface area (Å²) in [5.74, 6) is 0. The van der Waals surface area contributed by atoms with E-state index in [0.717, 1.165) is 22.1 Å². The molecule has 3 nitrogen and oxygen atoms in total. The van der Waals surface area contributed by atoms with Crippen molar-refractivity contribution < 1.29 is 0 Å². The van der Waals surface area contributed by atoms with Crippen LogP contribution >= 0.6 is 35.6 Å². The first-order valence-electron chi connectivity index (χ1n) is 7.50. The average Bonchev–Trinajstić information content (AvgIpc) is 3.00. The molecular formula is C19H14ClN3S2. The molecule has 25 heavy (non-hydrogen) atoms. The lowest BCUT2D eigenvalue weighted by Crippen LogP contribution is -2.20. The average molecular weight is 384 g/mol. The first-order chi connectivity index (χ1) is 12.1. The van der Waals surface area contributed by atoms with Crippen molar-refractivity contribution in [3.63, 3.8) is 0 Å². The zero-order valence-corrected chi connectivity index (χ0v) is 15.8. The molecule has 0 radical (unpaired) electrons. The number of halogens is 1. The second-order valence-corrected chi connectivity index (χ2v) is 7.00. The Labute approximate surface area is 161 Å². The third kappa shape index (κ3) is 3.88. The van der Waals surface area contributed by atoms with Gasteiger partial charge in [0.1, 0.15) is 21.7 Å². The summed E-state index contributed by atoms with van der Waals surface area (Å²) in [5, 5.41) is 16.3. The van der Waals surface area contributed by atoms with Crippen molar-refractivity contribution in [2.75, 3.05) is 10.2 Å². The summed E-state index contributed by atoms with van der Waals surface area (Å²) in [4.78, 5) is 2.43. The maximum atomic E-state index is 9.71. The molecule has 0 amide bonds. The molecule has 1 aliphatic rings. The number of thiocarbonyl (C=S) groups is 1. The van der Waals surface area contributed by atoms with Crippen LogP contribution in [0, 0.1) is 11.3 Å². The maximum Gasteiger partial charge on any atom is 0.124 e. The van der Waals surface area contributed by atoms with Gasteiger partial charge < -0.3 is 10.2 Å². The van der Waals surface area contributed by atoms with Gasteiger partial charge in [0, 0.05) is 22.1 Å². The van der Waals surface area contributed by atoms with Crippen molar-refractivity contribution in [3.05, 3.63) is 81.3 Å². The molecule has 1 heterocycles. The number of nitrogens with zero attached hydrogens (tertiary/aromatic N) is 2. The van der Waals surface area contributed by atoms with Crippen LogP contribution < -0.4 is 10.2 Å². The van der Waals surface area contributed by atoms with Crippen LogP contribution in [0.15, 0.2) is 76.3 Å². The molecule has 0 saturated carbocycles. The van der Waals surface area contributed by atoms with E-state index < -0.39 is 0 Å². The molecule has 6 heteroatoms. The number of hydrogen-bond acceptors (Lipinski definition) is 4. The van der Waals surface area contributed by atoms with Crippen molar-refractivity contribution in [2.45, 2.75) is 6.92 Å². The van der Waals surface area contributed by atoms with Crippen LogP contribution in [0.2, 0.25) is 5.02 Å². The number of allylic oxidation sites excluding steroid dienone is 1. The Morgan fingerprint density at radius 1 is 1.16 bits per heavy atom. The molecule has 0 saturated heterocycles. The molecule has 0 aromatic heterocycles. The van der Waals surface area contributed by atoms with Crippen molar-refractivity contribution in [2.24, 2.45) is 0 Å². The number of benzene rings is 2. The first kappa shape index (κ1) is 17.6. The highest BCUT2D eigenvalue weighted by molar-refractivity contribution is 8.06. The van der Waals surface area contributed by atoms with Gasteiger partial charge in [-0.1, -0.05) is 53.8 Å². The Kier molecular flexibility index (Phi) is 5.44. The third-order valence-corrected chi connectivity index (χ3v) is 5.19. The summed E-state index contributed by atoms with van der Waals surface area (Å²) < 4.78 is 0. The highest BCUT2D eigenvalue weighted by atomic mass is 35.5. The minimum Gasteiger partial charge on any atom is -0.345 e. The minimum atomic E-state index is 0.386. The lowest BCUT2D eigenvalue weighted by molar-refractivity contribution is 1.15. The van der Waals surface area contributed by atoms with Crippen molar-refractivity contribution in [3.8, 4) is 6.07 Å². The van der Waals surface area contributed by atoms with Crippen molar-refractivity contribution in [1.82, 2.24) is 0 Å². The molecular weight excluding hydrogens is 370 g/mol. The van der Waals surface area contributed by atoms with Gasteiger partial charge in [0.25, 0.3) is 0 Å². The van der Waals surface area contributed by atoms with E-state index in [0.29, 0.717) is 15.6 Å². The van der Waals surface area contributed by atoms with E-state index in [9.17, 15) is 5.26 Å². The SMILES string of the molecule is CC1=CS/C(=C(\C#N)C(=S)Nc2ccc(Cl)cc2)N1c1ccccc1. The quantitative estimate of drug-likeness (QED) is 0.404. The van der Waals surface area contributed by atoms with Gasteiger partial charge in [0.15, 0.2) is 0 Å². The van der Waals surface area contributed by atoms with Crippen LogP contribution in [0.1, 0.15) is 6.92 Å². The molecule has 0 spiro atoms. The van der Waals surface area contributed by atoms with Gasteiger partial charge in [0.05, 0.1) is 0 Å². The number of rotatable bonds is 3. The predicted octanol–water partition coefficient (Wildman–Crippen LogP) is 5.93. The monoisotopic (exact) mass is 383 g/mol. The van der Waals surface area contributed by atoms with Crippen LogP contribution in [0.25, 0.3) is 0 Å². The molecule has 0 unspecified atom stereocenters. The highest BCUT2D eigenvalue weighted by Gasteiger charge is 2.25. The molecule has 0 fully saturated rings. The van der Waals surface area contributed by atoms with E-state index in [1.807, 2.05) is 59.7 Å². The Bertz CT molecular complexity index is 897. The Hall–Kier alpha value is -2.26. The van der Waals surface area contributed by atoms with Gasteiger partial charge in [-0.05, 0) is 48.7 Å². The Balaban J connectivity index is 1.93. The fraction of sp³-hybridized carbons (Fsp3) is 0.0526. The molecule has 2 aromatic rings.